The van der Waals surface area contributed by atoms with Gasteiger partial charge in [-0.25, -0.2) is 17.6 Å². The molecule has 0 aliphatic carbocycles. The monoisotopic (exact) mass is 416 g/mol. The van der Waals surface area contributed by atoms with Gasteiger partial charge in [0.05, 0.1) is 15.8 Å². The van der Waals surface area contributed by atoms with E-state index in [1.54, 1.807) is 6.07 Å². The van der Waals surface area contributed by atoms with Crippen LogP contribution in [0.4, 0.5) is 30.7 Å². The fourth-order valence-corrected chi connectivity index (χ4v) is 3.95. The number of alkyl halides is 3. The van der Waals surface area contributed by atoms with E-state index >= 15 is 0 Å². The molecule has 8 heteroatoms. The van der Waals surface area contributed by atoms with Crippen LogP contribution in [0.25, 0.3) is 21.2 Å². The first kappa shape index (κ1) is 20.2. The number of hydrogen-bond acceptors (Lipinski definition) is 1. The van der Waals surface area contributed by atoms with Crippen molar-refractivity contribution in [2.75, 3.05) is 0 Å². The highest BCUT2D eigenvalue weighted by atomic mass is 32.1. The van der Waals surface area contributed by atoms with Gasteiger partial charge in [0.25, 0.3) is 0 Å². The normalized spacial score (nSPS) is 11.6. The predicted octanol–water partition coefficient (Wildman–Crippen LogP) is 6.99. The summed E-state index contributed by atoms with van der Waals surface area (Å²) in [5.41, 5.74) is -2.23. The maximum absolute atomic E-state index is 14.9. The van der Waals surface area contributed by atoms with Gasteiger partial charge in [-0.2, -0.15) is 13.2 Å². The number of thiophene rings is 1. The van der Waals surface area contributed by atoms with Gasteiger partial charge in [-0.3, -0.25) is 0 Å². The molecule has 146 valence electrons. The Morgan fingerprint density at radius 2 is 1.57 bits per heavy atom. The zero-order valence-corrected chi connectivity index (χ0v) is 15.1. The van der Waals surface area contributed by atoms with Crippen LogP contribution in [-0.4, -0.2) is 6.18 Å². The fraction of sp³-hybridized carbons (Fsp3) is 0.200. The van der Waals surface area contributed by atoms with E-state index in [4.69, 9.17) is 0 Å². The summed E-state index contributed by atoms with van der Waals surface area (Å²) in [6, 6.07) is 3.85. The Kier molecular flexibility index (Phi) is 5.39. The third kappa shape index (κ3) is 3.99. The molecule has 0 saturated carbocycles. The first-order valence-electron chi connectivity index (χ1n) is 8.10. The average Bonchev–Trinajstić information content (AvgIpc) is 2.96. The highest BCUT2D eigenvalue weighted by molar-refractivity contribution is 7.19. The Labute approximate surface area is 159 Å². The van der Waals surface area contributed by atoms with Gasteiger partial charge in [0, 0.05) is 10.8 Å². The van der Waals surface area contributed by atoms with Crippen LogP contribution in [0, 0.1) is 35.1 Å². The van der Waals surface area contributed by atoms with Crippen molar-refractivity contribution in [3.63, 3.8) is 0 Å². The third-order valence-electron chi connectivity index (χ3n) is 3.91. The Morgan fingerprint density at radius 1 is 0.929 bits per heavy atom. The Balaban J connectivity index is 2.15. The van der Waals surface area contributed by atoms with Gasteiger partial charge < -0.3 is 0 Å². The van der Waals surface area contributed by atoms with Gasteiger partial charge in [0.2, 0.25) is 0 Å². The lowest BCUT2D eigenvalue weighted by atomic mass is 10.0. The van der Waals surface area contributed by atoms with E-state index < -0.39 is 46.1 Å². The summed E-state index contributed by atoms with van der Waals surface area (Å²) in [7, 11) is 0. The molecule has 0 unspecified atom stereocenters. The Hall–Kier alpha value is -2.53. The standard InChI is InChI=1S/C20H11F7S/c1-2-3-12-6-11-9-16(23)17(18(24)19(11)28-12)10-7-14(21)13(15(22)8-10)4-5-20(25,26)27/h6-9H,2-3H2,1H3. The molecule has 0 aliphatic heterocycles. The molecule has 0 N–H and O–H groups in total. The van der Waals surface area contributed by atoms with Crippen molar-refractivity contribution in [3.05, 3.63) is 58.0 Å². The Morgan fingerprint density at radius 3 is 2.14 bits per heavy atom. The molecule has 28 heavy (non-hydrogen) atoms. The number of hydrogen-bond donors (Lipinski definition) is 0. The van der Waals surface area contributed by atoms with Gasteiger partial charge in [0.1, 0.15) is 17.5 Å². The van der Waals surface area contributed by atoms with E-state index in [1.807, 2.05) is 6.92 Å². The van der Waals surface area contributed by atoms with Crippen LogP contribution in [0.5, 0.6) is 0 Å². The molecule has 0 radical (unpaired) electrons. The summed E-state index contributed by atoms with van der Waals surface area (Å²) in [6.07, 6.45) is -3.46. The largest absolute Gasteiger partial charge is 0.458 e. The van der Waals surface area contributed by atoms with Gasteiger partial charge in [-0.1, -0.05) is 19.3 Å². The van der Waals surface area contributed by atoms with Gasteiger partial charge in [0.15, 0.2) is 5.82 Å². The van der Waals surface area contributed by atoms with Crippen molar-refractivity contribution in [1.82, 2.24) is 0 Å². The molecule has 0 amide bonds. The first-order valence-corrected chi connectivity index (χ1v) is 8.92. The third-order valence-corrected chi connectivity index (χ3v) is 5.11. The van der Waals surface area contributed by atoms with E-state index in [9.17, 15) is 30.7 Å². The molecule has 0 aliphatic rings. The van der Waals surface area contributed by atoms with Gasteiger partial charge in [-0.15, -0.1) is 11.3 Å². The van der Waals surface area contributed by atoms with Crippen molar-refractivity contribution in [2.24, 2.45) is 0 Å². The van der Waals surface area contributed by atoms with E-state index in [0.29, 0.717) is 23.9 Å². The van der Waals surface area contributed by atoms with Gasteiger partial charge in [-0.05, 0) is 41.6 Å². The van der Waals surface area contributed by atoms with E-state index in [0.717, 1.165) is 34.6 Å². The summed E-state index contributed by atoms with van der Waals surface area (Å²) in [5, 5.41) is 0.334. The molecular weight excluding hydrogens is 405 g/mol. The minimum Gasteiger partial charge on any atom is -0.206 e. The molecule has 0 spiro atoms. The van der Waals surface area contributed by atoms with Gasteiger partial charge >= 0.3 is 6.18 Å². The summed E-state index contributed by atoms with van der Waals surface area (Å²) in [4.78, 5) is 0.836. The maximum atomic E-state index is 14.9. The number of aryl methyl sites for hydroxylation is 1. The molecule has 3 aromatic rings. The molecule has 1 aromatic heterocycles. The van der Waals surface area contributed by atoms with E-state index in [-0.39, 0.29) is 4.70 Å². The van der Waals surface area contributed by atoms with Crippen molar-refractivity contribution in [3.8, 4) is 23.0 Å². The molecule has 0 nitrogen and oxygen atoms in total. The number of rotatable bonds is 3. The second-order valence-corrected chi connectivity index (χ2v) is 7.13. The lowest BCUT2D eigenvalue weighted by Crippen LogP contribution is -2.03. The summed E-state index contributed by atoms with van der Waals surface area (Å²) < 4.78 is 94.1. The van der Waals surface area contributed by atoms with Crippen LogP contribution >= 0.6 is 11.3 Å². The molecule has 0 fully saturated rings. The van der Waals surface area contributed by atoms with Crippen LogP contribution in [0.1, 0.15) is 23.8 Å². The second kappa shape index (κ2) is 7.47. The molecular formula is C20H11F7S. The molecule has 3 rings (SSSR count). The number of halogens is 7. The lowest BCUT2D eigenvalue weighted by molar-refractivity contribution is -0.0696. The maximum Gasteiger partial charge on any atom is 0.458 e. The molecule has 0 saturated heterocycles. The highest BCUT2D eigenvalue weighted by Crippen LogP contribution is 2.37. The van der Waals surface area contributed by atoms with Crippen LogP contribution in [0.15, 0.2) is 24.3 Å². The van der Waals surface area contributed by atoms with E-state index in [1.165, 1.54) is 5.92 Å². The smallest absolute Gasteiger partial charge is 0.206 e. The van der Waals surface area contributed by atoms with Crippen molar-refractivity contribution in [2.45, 2.75) is 25.9 Å². The van der Waals surface area contributed by atoms with Crippen molar-refractivity contribution < 1.29 is 30.7 Å². The fourth-order valence-electron chi connectivity index (χ4n) is 2.77. The van der Waals surface area contributed by atoms with Crippen LogP contribution in [0.2, 0.25) is 0 Å². The van der Waals surface area contributed by atoms with E-state index in [2.05, 4.69) is 0 Å². The topological polar surface area (TPSA) is 0 Å². The molecule has 0 bridgehead atoms. The highest BCUT2D eigenvalue weighted by Gasteiger charge is 2.24. The number of benzene rings is 2. The lowest BCUT2D eigenvalue weighted by Gasteiger charge is -2.08. The predicted molar refractivity (Wildman–Crippen MR) is 94.0 cm³/mol. The summed E-state index contributed by atoms with van der Waals surface area (Å²) in [6.45, 7) is 1.93. The molecule has 2 aromatic carbocycles. The van der Waals surface area contributed by atoms with Crippen molar-refractivity contribution >= 4 is 21.4 Å². The van der Waals surface area contributed by atoms with Crippen molar-refractivity contribution in [1.29, 1.82) is 0 Å². The first-order chi connectivity index (χ1) is 13.1. The quantitative estimate of drug-likeness (QED) is 0.319. The summed E-state index contributed by atoms with van der Waals surface area (Å²) >= 11 is 1.11. The number of fused-ring (bicyclic) bond motifs is 1. The van der Waals surface area contributed by atoms with Crippen LogP contribution in [0.3, 0.4) is 0 Å². The van der Waals surface area contributed by atoms with Crippen LogP contribution < -0.4 is 0 Å². The average molecular weight is 416 g/mol. The minimum atomic E-state index is -4.93. The molecule has 1 heterocycles. The minimum absolute atomic E-state index is 0.140. The Bertz CT molecular complexity index is 1090. The zero-order valence-electron chi connectivity index (χ0n) is 14.3. The second-order valence-electron chi connectivity index (χ2n) is 5.99. The zero-order chi connectivity index (χ0) is 20.6. The van der Waals surface area contributed by atoms with Crippen LogP contribution in [-0.2, 0) is 6.42 Å². The molecule has 0 atom stereocenters. The SMILES string of the molecule is CCCc1cc2cc(F)c(-c3cc(F)c(C#CC(F)(F)F)c(F)c3)c(F)c2s1. The summed E-state index contributed by atoms with van der Waals surface area (Å²) in [5.74, 6) is -2.76.